The van der Waals surface area contributed by atoms with Crippen molar-refractivity contribution in [2.75, 3.05) is 18.4 Å². The lowest BCUT2D eigenvalue weighted by Crippen LogP contribution is -2.46. The first kappa shape index (κ1) is 18.4. The van der Waals surface area contributed by atoms with Gasteiger partial charge in [-0.3, -0.25) is 9.59 Å². The van der Waals surface area contributed by atoms with Crippen LogP contribution in [0.15, 0.2) is 29.2 Å². The Bertz CT molecular complexity index is 693. The molecule has 1 aliphatic rings. The number of piperidine rings is 1. The number of carbonyl (C=O) groups is 2. The fourth-order valence-electron chi connectivity index (χ4n) is 2.68. The molecule has 1 saturated heterocycles. The third kappa shape index (κ3) is 4.78. The maximum atomic E-state index is 12.4. The molecule has 0 radical (unpaired) electrons. The molecule has 1 heterocycles. The Morgan fingerprint density at radius 1 is 1.17 bits per heavy atom. The largest absolute Gasteiger partial charge is 0.343 e. The highest BCUT2D eigenvalue weighted by Crippen LogP contribution is 2.17. The third-order valence-corrected chi connectivity index (χ3v) is 5.49. The number of hydrogen-bond acceptors (Lipinski definition) is 4. The molecule has 0 spiro atoms. The number of nitrogens with zero attached hydrogens (tertiary/aromatic N) is 1. The maximum absolute atomic E-state index is 12.4. The summed E-state index contributed by atoms with van der Waals surface area (Å²) in [6.07, 6.45) is 1.68. The van der Waals surface area contributed by atoms with Crippen LogP contribution in [0.4, 0.5) is 5.69 Å². The van der Waals surface area contributed by atoms with E-state index in [-0.39, 0.29) is 22.8 Å². The van der Waals surface area contributed by atoms with Crippen molar-refractivity contribution in [3.05, 3.63) is 24.3 Å². The van der Waals surface area contributed by atoms with E-state index in [0.29, 0.717) is 38.0 Å². The van der Waals surface area contributed by atoms with Gasteiger partial charge < -0.3 is 10.2 Å². The van der Waals surface area contributed by atoms with E-state index in [4.69, 9.17) is 0 Å². The molecule has 0 atom stereocenters. The molecule has 132 valence electrons. The Balaban J connectivity index is 1.96. The van der Waals surface area contributed by atoms with Gasteiger partial charge in [0.15, 0.2) is 0 Å². The average molecular weight is 353 g/mol. The van der Waals surface area contributed by atoms with E-state index < -0.39 is 10.0 Å². The number of rotatable bonds is 5. The Kier molecular flexibility index (Phi) is 5.95. The van der Waals surface area contributed by atoms with E-state index in [1.54, 1.807) is 17.0 Å². The monoisotopic (exact) mass is 353 g/mol. The number of likely N-dealkylation sites (tertiary alicyclic amines) is 1. The Morgan fingerprint density at radius 3 is 2.25 bits per heavy atom. The summed E-state index contributed by atoms with van der Waals surface area (Å²) >= 11 is 0. The van der Waals surface area contributed by atoms with E-state index in [9.17, 15) is 18.0 Å². The van der Waals surface area contributed by atoms with Crippen molar-refractivity contribution in [1.82, 2.24) is 9.62 Å². The van der Waals surface area contributed by atoms with Gasteiger partial charge in [0.2, 0.25) is 21.8 Å². The van der Waals surface area contributed by atoms with Gasteiger partial charge >= 0.3 is 0 Å². The second-order valence-electron chi connectivity index (χ2n) is 5.84. The summed E-state index contributed by atoms with van der Waals surface area (Å²) in [6.45, 7) is 4.35. The van der Waals surface area contributed by atoms with Crippen LogP contribution in [0.1, 0.15) is 33.1 Å². The van der Waals surface area contributed by atoms with Crippen LogP contribution in [0.3, 0.4) is 0 Å². The smallest absolute Gasteiger partial charge is 0.240 e. The fourth-order valence-corrected chi connectivity index (χ4v) is 3.98. The molecule has 0 unspecified atom stereocenters. The summed E-state index contributed by atoms with van der Waals surface area (Å²) < 4.78 is 27.5. The van der Waals surface area contributed by atoms with Crippen LogP contribution in [0.25, 0.3) is 0 Å². The Labute approximate surface area is 142 Å². The number of amides is 2. The maximum Gasteiger partial charge on any atom is 0.240 e. The van der Waals surface area contributed by atoms with E-state index in [1.807, 2.05) is 6.92 Å². The molecule has 0 bridgehead atoms. The van der Waals surface area contributed by atoms with Gasteiger partial charge in [0.25, 0.3) is 0 Å². The summed E-state index contributed by atoms with van der Waals surface area (Å²) in [6, 6.07) is 5.86. The second-order valence-corrected chi connectivity index (χ2v) is 7.55. The summed E-state index contributed by atoms with van der Waals surface area (Å²) in [7, 11) is -3.61. The van der Waals surface area contributed by atoms with Crippen molar-refractivity contribution in [2.24, 2.45) is 0 Å². The molecule has 2 amide bonds. The Morgan fingerprint density at radius 2 is 1.75 bits per heavy atom. The van der Waals surface area contributed by atoms with Crippen LogP contribution < -0.4 is 10.0 Å². The van der Waals surface area contributed by atoms with Crippen molar-refractivity contribution >= 4 is 27.5 Å². The van der Waals surface area contributed by atoms with Gasteiger partial charge in [-0.25, -0.2) is 13.1 Å². The minimum atomic E-state index is -3.61. The first-order chi connectivity index (χ1) is 11.3. The van der Waals surface area contributed by atoms with Gasteiger partial charge in [-0.1, -0.05) is 6.92 Å². The molecule has 1 aromatic rings. The number of benzene rings is 1. The third-order valence-electron chi connectivity index (χ3n) is 3.96. The van der Waals surface area contributed by atoms with Crippen LogP contribution in [-0.4, -0.2) is 44.3 Å². The zero-order valence-electron chi connectivity index (χ0n) is 13.9. The number of carbonyl (C=O) groups excluding carboxylic acids is 2. The molecule has 2 N–H and O–H groups in total. The second kappa shape index (κ2) is 7.76. The molecule has 0 aromatic heterocycles. The first-order valence-electron chi connectivity index (χ1n) is 7.99. The lowest BCUT2D eigenvalue weighted by molar-refractivity contribution is -0.131. The van der Waals surface area contributed by atoms with Gasteiger partial charge in [-0.2, -0.15) is 0 Å². The fraction of sp³-hybridized carbons (Fsp3) is 0.500. The molecular weight excluding hydrogens is 330 g/mol. The molecule has 7 nitrogen and oxygen atoms in total. The average Bonchev–Trinajstić information content (AvgIpc) is 2.54. The van der Waals surface area contributed by atoms with Gasteiger partial charge in [-0.15, -0.1) is 0 Å². The lowest BCUT2D eigenvalue weighted by atomic mass is 10.1. The predicted molar refractivity (Wildman–Crippen MR) is 91.0 cm³/mol. The van der Waals surface area contributed by atoms with Gasteiger partial charge in [0, 0.05) is 38.2 Å². The van der Waals surface area contributed by atoms with E-state index in [1.165, 1.54) is 19.1 Å². The van der Waals surface area contributed by atoms with Crippen molar-refractivity contribution in [2.45, 2.75) is 44.0 Å². The number of sulfonamides is 1. The molecule has 1 aromatic carbocycles. The highest BCUT2D eigenvalue weighted by Gasteiger charge is 2.26. The predicted octanol–water partition coefficient (Wildman–Crippen LogP) is 1.32. The normalized spacial score (nSPS) is 16.0. The molecule has 1 aliphatic heterocycles. The Hall–Kier alpha value is -1.93. The van der Waals surface area contributed by atoms with Crippen molar-refractivity contribution in [3.63, 3.8) is 0 Å². The quantitative estimate of drug-likeness (QED) is 0.835. The molecule has 0 aliphatic carbocycles. The summed E-state index contributed by atoms with van der Waals surface area (Å²) in [5.41, 5.74) is 0.549. The van der Waals surface area contributed by atoms with Crippen LogP contribution in [0.2, 0.25) is 0 Å². The zero-order chi connectivity index (χ0) is 17.7. The van der Waals surface area contributed by atoms with Crippen molar-refractivity contribution in [1.29, 1.82) is 0 Å². The topological polar surface area (TPSA) is 95.6 Å². The highest BCUT2D eigenvalue weighted by molar-refractivity contribution is 7.89. The van der Waals surface area contributed by atoms with E-state index in [2.05, 4.69) is 10.0 Å². The van der Waals surface area contributed by atoms with Crippen LogP contribution in [0.5, 0.6) is 0 Å². The standard InChI is InChI=1S/C16H23N3O4S/c1-3-16(21)19-10-8-14(9-11-19)18-24(22,23)15-6-4-13(5-7-15)17-12(2)20/h4-7,14,18H,3,8-11H2,1-2H3,(H,17,20). The molecule has 24 heavy (non-hydrogen) atoms. The number of hydrogen-bond donors (Lipinski definition) is 2. The summed E-state index contributed by atoms with van der Waals surface area (Å²) in [4.78, 5) is 24.6. The zero-order valence-corrected chi connectivity index (χ0v) is 14.7. The molecule has 0 saturated carbocycles. The van der Waals surface area contributed by atoms with Gasteiger partial charge in [-0.05, 0) is 37.1 Å². The molecule has 1 fully saturated rings. The minimum Gasteiger partial charge on any atom is -0.343 e. The summed E-state index contributed by atoms with van der Waals surface area (Å²) in [5.74, 6) is -0.109. The highest BCUT2D eigenvalue weighted by atomic mass is 32.2. The lowest BCUT2D eigenvalue weighted by Gasteiger charge is -2.32. The van der Waals surface area contributed by atoms with Crippen molar-refractivity contribution in [3.8, 4) is 0 Å². The van der Waals surface area contributed by atoms with Crippen LogP contribution in [0, 0.1) is 0 Å². The van der Waals surface area contributed by atoms with Gasteiger partial charge in [0.05, 0.1) is 4.90 Å². The van der Waals surface area contributed by atoms with Crippen molar-refractivity contribution < 1.29 is 18.0 Å². The van der Waals surface area contributed by atoms with Crippen LogP contribution in [-0.2, 0) is 19.6 Å². The first-order valence-corrected chi connectivity index (χ1v) is 9.48. The van der Waals surface area contributed by atoms with Gasteiger partial charge in [0.1, 0.15) is 0 Å². The number of anilines is 1. The summed E-state index contributed by atoms with van der Waals surface area (Å²) in [5, 5.41) is 2.59. The molecule has 8 heteroatoms. The minimum absolute atomic E-state index is 0.102. The molecular formula is C16H23N3O4S. The van der Waals surface area contributed by atoms with E-state index in [0.717, 1.165) is 0 Å². The number of nitrogens with one attached hydrogen (secondary N) is 2. The SMILES string of the molecule is CCC(=O)N1CCC(NS(=O)(=O)c2ccc(NC(C)=O)cc2)CC1. The van der Waals surface area contributed by atoms with E-state index >= 15 is 0 Å². The molecule has 2 rings (SSSR count). The van der Waals surface area contributed by atoms with Crippen LogP contribution >= 0.6 is 0 Å².